The van der Waals surface area contributed by atoms with Gasteiger partial charge in [0.25, 0.3) is 0 Å². The van der Waals surface area contributed by atoms with Crippen LogP contribution >= 0.6 is 11.6 Å². The van der Waals surface area contributed by atoms with Gasteiger partial charge in [-0.25, -0.2) is 4.98 Å². The van der Waals surface area contributed by atoms with E-state index in [0.717, 1.165) is 29.3 Å². The minimum atomic E-state index is 0.418. The van der Waals surface area contributed by atoms with E-state index >= 15 is 0 Å². The monoisotopic (exact) mass is 273 g/mol. The smallest absolute Gasteiger partial charge is 0.124 e. The number of nitriles is 1. The van der Waals surface area contributed by atoms with E-state index in [1.807, 2.05) is 18.2 Å². The first-order valence-corrected chi connectivity index (χ1v) is 7.30. The molecule has 4 heteroatoms. The van der Waals surface area contributed by atoms with Crippen molar-refractivity contribution in [2.75, 3.05) is 0 Å². The van der Waals surface area contributed by atoms with Crippen LogP contribution in [0.2, 0.25) is 0 Å². The van der Waals surface area contributed by atoms with Crippen molar-refractivity contribution in [3.8, 4) is 6.07 Å². The van der Waals surface area contributed by atoms with Crippen LogP contribution in [-0.2, 0) is 12.4 Å². The number of halogens is 1. The first-order valence-electron chi connectivity index (χ1n) is 6.77. The summed E-state index contributed by atoms with van der Waals surface area (Å²) in [6, 6.07) is 7.82. The van der Waals surface area contributed by atoms with Crippen LogP contribution in [-0.4, -0.2) is 9.55 Å². The fourth-order valence-electron chi connectivity index (χ4n) is 2.69. The van der Waals surface area contributed by atoms with Crippen molar-refractivity contribution < 1.29 is 0 Å². The molecule has 98 valence electrons. The van der Waals surface area contributed by atoms with Crippen LogP contribution in [0, 0.1) is 17.2 Å². The number of imidazole rings is 1. The van der Waals surface area contributed by atoms with E-state index in [4.69, 9.17) is 16.9 Å². The first-order chi connectivity index (χ1) is 9.31. The number of fused-ring (bicyclic) bond motifs is 1. The quantitative estimate of drug-likeness (QED) is 0.794. The fraction of sp³-hybridized carbons (Fsp3) is 0.467. The van der Waals surface area contributed by atoms with Crippen molar-refractivity contribution in [2.24, 2.45) is 5.92 Å². The highest BCUT2D eigenvalue weighted by Gasteiger charge is 2.18. The van der Waals surface area contributed by atoms with E-state index in [-0.39, 0.29) is 0 Å². The third-order valence-corrected chi connectivity index (χ3v) is 4.30. The van der Waals surface area contributed by atoms with Gasteiger partial charge in [0.2, 0.25) is 0 Å². The lowest BCUT2D eigenvalue weighted by Crippen LogP contribution is -2.14. The third-order valence-electron chi connectivity index (χ3n) is 4.06. The van der Waals surface area contributed by atoms with Gasteiger partial charge in [-0.15, -0.1) is 11.6 Å². The Labute approximate surface area is 117 Å². The second-order valence-electron chi connectivity index (χ2n) is 5.21. The lowest BCUT2D eigenvalue weighted by atomic mass is 9.83. The molecule has 0 bridgehead atoms. The van der Waals surface area contributed by atoms with Gasteiger partial charge in [0.1, 0.15) is 5.82 Å². The Morgan fingerprint density at radius 2 is 2.26 bits per heavy atom. The van der Waals surface area contributed by atoms with E-state index in [1.54, 1.807) is 0 Å². The molecule has 0 amide bonds. The predicted octanol–water partition coefficient (Wildman–Crippen LogP) is 3.84. The topological polar surface area (TPSA) is 41.6 Å². The molecule has 0 spiro atoms. The molecule has 0 saturated heterocycles. The molecular formula is C15H16ClN3. The maximum Gasteiger partial charge on any atom is 0.124 e. The minimum absolute atomic E-state index is 0.418. The van der Waals surface area contributed by atoms with Gasteiger partial charge in [0.05, 0.1) is 28.5 Å². The average Bonchev–Trinajstić information content (AvgIpc) is 2.74. The minimum Gasteiger partial charge on any atom is -0.327 e. The highest BCUT2D eigenvalue weighted by molar-refractivity contribution is 6.16. The molecule has 0 atom stereocenters. The molecule has 1 aromatic heterocycles. The number of alkyl halides is 1. The number of hydrogen-bond donors (Lipinski definition) is 0. The van der Waals surface area contributed by atoms with Gasteiger partial charge < -0.3 is 4.57 Å². The second kappa shape index (κ2) is 5.22. The van der Waals surface area contributed by atoms with E-state index in [9.17, 15) is 0 Å². The largest absolute Gasteiger partial charge is 0.327 e. The van der Waals surface area contributed by atoms with Crippen molar-refractivity contribution in [2.45, 2.75) is 38.1 Å². The van der Waals surface area contributed by atoms with E-state index in [0.29, 0.717) is 11.4 Å². The summed E-state index contributed by atoms with van der Waals surface area (Å²) in [6.45, 7) is 0.956. The Balaban J connectivity index is 1.95. The lowest BCUT2D eigenvalue weighted by molar-refractivity contribution is 0.282. The second-order valence-corrected chi connectivity index (χ2v) is 5.48. The van der Waals surface area contributed by atoms with Crippen molar-refractivity contribution in [1.29, 1.82) is 5.26 Å². The summed E-state index contributed by atoms with van der Waals surface area (Å²) in [7, 11) is 0. The van der Waals surface area contributed by atoms with Gasteiger partial charge in [-0.1, -0.05) is 19.3 Å². The molecule has 1 heterocycles. The molecular weight excluding hydrogens is 258 g/mol. The van der Waals surface area contributed by atoms with E-state index < -0.39 is 0 Å². The van der Waals surface area contributed by atoms with Crippen LogP contribution < -0.4 is 0 Å². The Bertz CT molecular complexity index is 635. The fourth-order valence-corrected chi connectivity index (χ4v) is 2.89. The van der Waals surface area contributed by atoms with Gasteiger partial charge in [0.15, 0.2) is 0 Å². The van der Waals surface area contributed by atoms with Crippen molar-refractivity contribution >= 4 is 22.6 Å². The van der Waals surface area contributed by atoms with E-state index in [1.165, 1.54) is 25.7 Å². The third kappa shape index (κ3) is 2.33. The SMILES string of the molecule is N#Cc1ccc2nc(CCl)n(CCC3CCC3)c2c1. The van der Waals surface area contributed by atoms with Gasteiger partial charge in [0, 0.05) is 6.54 Å². The van der Waals surface area contributed by atoms with Crippen molar-refractivity contribution in [3.63, 3.8) is 0 Å². The molecule has 1 fully saturated rings. The molecule has 1 aliphatic rings. The molecule has 3 nitrogen and oxygen atoms in total. The average molecular weight is 274 g/mol. The number of hydrogen-bond acceptors (Lipinski definition) is 2. The molecule has 1 saturated carbocycles. The molecule has 0 unspecified atom stereocenters. The highest BCUT2D eigenvalue weighted by atomic mass is 35.5. The molecule has 2 aromatic rings. The molecule has 19 heavy (non-hydrogen) atoms. The molecule has 0 N–H and O–H groups in total. The molecule has 0 aliphatic heterocycles. The van der Waals surface area contributed by atoms with Crippen LogP contribution in [0.4, 0.5) is 0 Å². The van der Waals surface area contributed by atoms with Crippen molar-refractivity contribution in [1.82, 2.24) is 9.55 Å². The normalized spacial score (nSPS) is 15.4. The zero-order valence-electron chi connectivity index (χ0n) is 10.8. The number of aromatic nitrogens is 2. The summed E-state index contributed by atoms with van der Waals surface area (Å²) in [5.74, 6) is 2.19. The Hall–Kier alpha value is -1.53. The standard InChI is InChI=1S/C15H16ClN3/c16-9-15-18-13-5-4-12(10-17)8-14(13)19(15)7-6-11-2-1-3-11/h4-5,8,11H,1-3,6-7,9H2. The van der Waals surface area contributed by atoms with Crippen LogP contribution in [0.3, 0.4) is 0 Å². The number of benzene rings is 1. The molecule has 3 rings (SSSR count). The van der Waals surface area contributed by atoms with Crippen LogP contribution in [0.15, 0.2) is 18.2 Å². The maximum atomic E-state index is 9.01. The van der Waals surface area contributed by atoms with Gasteiger partial charge >= 0.3 is 0 Å². The first kappa shape index (κ1) is 12.5. The zero-order chi connectivity index (χ0) is 13.2. The summed E-state index contributed by atoms with van der Waals surface area (Å²) in [4.78, 5) is 4.55. The van der Waals surface area contributed by atoms with E-state index in [2.05, 4.69) is 15.6 Å². The molecule has 0 radical (unpaired) electrons. The van der Waals surface area contributed by atoms with Crippen LogP contribution in [0.1, 0.15) is 37.1 Å². The van der Waals surface area contributed by atoms with Crippen LogP contribution in [0.5, 0.6) is 0 Å². The van der Waals surface area contributed by atoms with Gasteiger partial charge in [-0.05, 0) is 30.5 Å². The maximum absolute atomic E-state index is 9.01. The lowest BCUT2D eigenvalue weighted by Gasteiger charge is -2.25. The van der Waals surface area contributed by atoms with Crippen LogP contribution in [0.25, 0.3) is 11.0 Å². The number of rotatable bonds is 4. The Morgan fingerprint density at radius 1 is 1.42 bits per heavy atom. The number of nitrogens with zero attached hydrogens (tertiary/aromatic N) is 3. The van der Waals surface area contributed by atoms with Crippen molar-refractivity contribution in [3.05, 3.63) is 29.6 Å². The Kier molecular flexibility index (Phi) is 3.44. The summed E-state index contributed by atoms with van der Waals surface area (Å²) in [5, 5.41) is 9.01. The van der Waals surface area contributed by atoms with Gasteiger partial charge in [-0.3, -0.25) is 0 Å². The number of aryl methyl sites for hydroxylation is 1. The highest BCUT2D eigenvalue weighted by Crippen LogP contribution is 2.30. The Morgan fingerprint density at radius 3 is 2.89 bits per heavy atom. The predicted molar refractivity (Wildman–Crippen MR) is 76.0 cm³/mol. The summed E-state index contributed by atoms with van der Waals surface area (Å²) in [5.41, 5.74) is 2.65. The summed E-state index contributed by atoms with van der Waals surface area (Å²) < 4.78 is 2.18. The molecule has 1 aliphatic carbocycles. The summed E-state index contributed by atoms with van der Waals surface area (Å²) >= 11 is 5.99. The van der Waals surface area contributed by atoms with Gasteiger partial charge in [-0.2, -0.15) is 5.26 Å². The zero-order valence-corrected chi connectivity index (χ0v) is 11.5. The summed E-state index contributed by atoms with van der Waals surface area (Å²) in [6.07, 6.45) is 5.26. The molecule has 1 aromatic carbocycles.